The number of nitrogens with one attached hydrogen (secondary N) is 1. The molecule has 0 atom stereocenters. The van der Waals surface area contributed by atoms with E-state index in [9.17, 15) is 0 Å². The van der Waals surface area contributed by atoms with Crippen LogP contribution in [0, 0.1) is 0 Å². The lowest BCUT2D eigenvalue weighted by molar-refractivity contribution is 0.912. The van der Waals surface area contributed by atoms with Crippen molar-refractivity contribution in [3.63, 3.8) is 0 Å². The predicted molar refractivity (Wildman–Crippen MR) is 94.1 cm³/mol. The summed E-state index contributed by atoms with van der Waals surface area (Å²) in [5.74, 6) is 1.85. The van der Waals surface area contributed by atoms with Gasteiger partial charge in [-0.2, -0.15) is 0 Å². The van der Waals surface area contributed by atoms with E-state index in [0.29, 0.717) is 0 Å². The number of hydrogen-bond donors (Lipinski definition) is 1. The van der Waals surface area contributed by atoms with Gasteiger partial charge in [0.25, 0.3) is 0 Å². The van der Waals surface area contributed by atoms with E-state index < -0.39 is 0 Å². The molecule has 0 spiro atoms. The number of aromatic nitrogens is 6. The molecule has 1 N–H and O–H groups in total. The summed E-state index contributed by atoms with van der Waals surface area (Å²) in [5.41, 5.74) is 3.25. The zero-order valence-corrected chi connectivity index (χ0v) is 13.4. The van der Waals surface area contributed by atoms with E-state index in [1.165, 1.54) is 10.8 Å². The number of aromatic amines is 1. The van der Waals surface area contributed by atoms with E-state index in [0.717, 1.165) is 28.4 Å². The van der Waals surface area contributed by atoms with Crippen molar-refractivity contribution in [2.24, 2.45) is 14.1 Å². The molecule has 5 aromatic rings. The van der Waals surface area contributed by atoms with Crippen molar-refractivity contribution in [1.82, 2.24) is 28.7 Å². The molecule has 6 nitrogen and oxygen atoms in total. The number of H-pyrrole nitrogens is 1. The minimum atomic E-state index is 0.901. The lowest BCUT2D eigenvalue weighted by atomic mass is 10.1. The summed E-state index contributed by atoms with van der Waals surface area (Å²) in [6, 6.07) is 8.46. The fourth-order valence-electron chi connectivity index (χ4n) is 3.33. The summed E-state index contributed by atoms with van der Waals surface area (Å²) >= 11 is 0. The summed E-state index contributed by atoms with van der Waals surface area (Å²) in [6.45, 7) is 0. The first-order chi connectivity index (χ1) is 11.7. The van der Waals surface area contributed by atoms with Gasteiger partial charge >= 0.3 is 0 Å². The molecule has 1 aromatic carbocycles. The van der Waals surface area contributed by atoms with Crippen LogP contribution in [0.3, 0.4) is 0 Å². The number of rotatable bonds is 2. The molecule has 0 unspecified atom stereocenters. The van der Waals surface area contributed by atoms with Gasteiger partial charge in [0.05, 0.1) is 11.8 Å². The van der Waals surface area contributed by atoms with Gasteiger partial charge in [-0.25, -0.2) is 9.97 Å². The van der Waals surface area contributed by atoms with Gasteiger partial charge in [-0.1, -0.05) is 12.1 Å². The number of imidazole rings is 2. The molecular formula is C18H16N6. The highest BCUT2D eigenvalue weighted by Gasteiger charge is 2.15. The Morgan fingerprint density at radius 3 is 2.67 bits per heavy atom. The summed E-state index contributed by atoms with van der Waals surface area (Å²) < 4.78 is 6.06. The summed E-state index contributed by atoms with van der Waals surface area (Å²) in [7, 11) is 3.99. The van der Waals surface area contributed by atoms with Crippen LogP contribution in [0.25, 0.3) is 39.1 Å². The number of fused-ring (bicyclic) bond motifs is 3. The lowest BCUT2D eigenvalue weighted by Crippen LogP contribution is -1.93. The maximum Gasteiger partial charge on any atom is 0.156 e. The van der Waals surface area contributed by atoms with E-state index in [-0.39, 0.29) is 0 Å². The minimum absolute atomic E-state index is 0.901. The van der Waals surface area contributed by atoms with Crippen LogP contribution < -0.4 is 0 Å². The Labute approximate surface area is 138 Å². The molecule has 0 aliphatic carbocycles. The van der Waals surface area contributed by atoms with E-state index in [1.54, 1.807) is 0 Å². The zero-order chi connectivity index (χ0) is 16.3. The molecule has 0 saturated carbocycles. The van der Waals surface area contributed by atoms with Gasteiger partial charge in [-0.05, 0) is 12.1 Å². The van der Waals surface area contributed by atoms with Crippen LogP contribution in [0.5, 0.6) is 0 Å². The molecule has 0 fully saturated rings. The van der Waals surface area contributed by atoms with Crippen molar-refractivity contribution in [2.75, 3.05) is 0 Å². The fraction of sp³-hybridized carbons (Fsp3) is 0.111. The highest BCUT2D eigenvalue weighted by molar-refractivity contribution is 6.11. The lowest BCUT2D eigenvalue weighted by Gasteiger charge is -2.03. The van der Waals surface area contributed by atoms with E-state index in [4.69, 9.17) is 0 Å². The molecule has 0 saturated heterocycles. The molecule has 118 valence electrons. The Morgan fingerprint density at radius 1 is 1.00 bits per heavy atom. The van der Waals surface area contributed by atoms with Crippen LogP contribution in [-0.4, -0.2) is 28.7 Å². The first-order valence-corrected chi connectivity index (χ1v) is 7.80. The third kappa shape index (κ3) is 1.70. The van der Waals surface area contributed by atoms with Crippen LogP contribution in [0.1, 0.15) is 0 Å². The van der Waals surface area contributed by atoms with Crippen molar-refractivity contribution in [2.45, 2.75) is 0 Å². The normalized spacial score (nSPS) is 11.8. The molecule has 0 radical (unpaired) electrons. The third-order valence-corrected chi connectivity index (χ3v) is 4.48. The van der Waals surface area contributed by atoms with Gasteiger partial charge in [0.2, 0.25) is 0 Å². The van der Waals surface area contributed by atoms with E-state index >= 15 is 0 Å². The second-order valence-electron chi connectivity index (χ2n) is 6.06. The first-order valence-electron chi connectivity index (χ1n) is 7.80. The molecule has 4 heterocycles. The fourth-order valence-corrected chi connectivity index (χ4v) is 3.33. The predicted octanol–water partition coefficient (Wildman–Crippen LogP) is 3.25. The average Bonchev–Trinajstić information content (AvgIpc) is 3.31. The summed E-state index contributed by atoms with van der Waals surface area (Å²) in [4.78, 5) is 12.5. The van der Waals surface area contributed by atoms with Gasteiger partial charge < -0.3 is 14.1 Å². The van der Waals surface area contributed by atoms with Crippen LogP contribution in [0.4, 0.5) is 0 Å². The summed E-state index contributed by atoms with van der Waals surface area (Å²) in [5, 5.41) is 2.38. The highest BCUT2D eigenvalue weighted by atomic mass is 15.2. The molecule has 4 aromatic heterocycles. The number of nitrogens with zero attached hydrogens (tertiary/aromatic N) is 5. The largest absolute Gasteiger partial charge is 0.340 e. The molecule has 0 aliphatic heterocycles. The smallest absolute Gasteiger partial charge is 0.156 e. The van der Waals surface area contributed by atoms with E-state index in [2.05, 4.69) is 50.0 Å². The Bertz CT molecular complexity index is 1180. The minimum Gasteiger partial charge on any atom is -0.340 e. The molecule has 0 amide bonds. The monoisotopic (exact) mass is 316 g/mol. The quantitative estimate of drug-likeness (QED) is 0.543. The Balaban J connectivity index is 1.82. The van der Waals surface area contributed by atoms with Gasteiger partial charge in [0, 0.05) is 55.2 Å². The van der Waals surface area contributed by atoms with Crippen LogP contribution in [-0.2, 0) is 14.1 Å². The number of para-hydroxylation sites is 1. The van der Waals surface area contributed by atoms with E-state index in [1.807, 2.05) is 48.1 Å². The topological polar surface area (TPSA) is 56.4 Å². The number of aryl methyl sites for hydroxylation is 2. The second kappa shape index (κ2) is 4.61. The maximum absolute atomic E-state index is 4.50. The van der Waals surface area contributed by atoms with Crippen molar-refractivity contribution in [1.29, 1.82) is 0 Å². The van der Waals surface area contributed by atoms with Crippen molar-refractivity contribution in [3.8, 4) is 17.2 Å². The van der Waals surface area contributed by atoms with Crippen LogP contribution in [0.2, 0.25) is 0 Å². The zero-order valence-electron chi connectivity index (χ0n) is 13.4. The van der Waals surface area contributed by atoms with Gasteiger partial charge in [-0.3, -0.25) is 4.57 Å². The molecule has 0 bridgehead atoms. The van der Waals surface area contributed by atoms with Crippen molar-refractivity contribution >= 4 is 21.9 Å². The molecule has 24 heavy (non-hydrogen) atoms. The number of benzene rings is 1. The number of hydrogen-bond acceptors (Lipinski definition) is 2. The molecule has 5 rings (SSSR count). The second-order valence-corrected chi connectivity index (χ2v) is 6.06. The standard InChI is InChI=1S/C18H16N6/c1-22-10-15(20-11-22)24-8-6-13-12-4-3-5-14(16(12)21-18(13)24)17-19-7-9-23(17)2/h3-11,21H,1-2H3. The Morgan fingerprint density at radius 2 is 1.92 bits per heavy atom. The Kier molecular flexibility index (Phi) is 2.53. The van der Waals surface area contributed by atoms with Crippen LogP contribution >= 0.6 is 0 Å². The maximum atomic E-state index is 4.50. The Hall–Kier alpha value is -3.28. The van der Waals surface area contributed by atoms with Crippen molar-refractivity contribution in [3.05, 3.63) is 55.4 Å². The first kappa shape index (κ1) is 13.2. The van der Waals surface area contributed by atoms with Gasteiger partial charge in [-0.15, -0.1) is 0 Å². The van der Waals surface area contributed by atoms with Gasteiger partial charge in [0.1, 0.15) is 11.5 Å². The SMILES string of the molecule is Cn1cnc(-n2ccc3c4cccc(-c5nccn5C)c4[nH]c32)c1. The third-order valence-electron chi connectivity index (χ3n) is 4.48. The molecule has 0 aliphatic rings. The average molecular weight is 316 g/mol. The molecular weight excluding hydrogens is 300 g/mol. The van der Waals surface area contributed by atoms with Crippen LogP contribution in [0.15, 0.2) is 55.4 Å². The van der Waals surface area contributed by atoms with Crippen molar-refractivity contribution < 1.29 is 0 Å². The molecule has 6 heteroatoms. The highest BCUT2D eigenvalue weighted by Crippen LogP contribution is 2.33. The summed E-state index contributed by atoms with van der Waals surface area (Å²) in [6.07, 6.45) is 9.65. The van der Waals surface area contributed by atoms with Gasteiger partial charge in [0.15, 0.2) is 5.82 Å².